The molecule has 0 N–H and O–H groups in total. The lowest BCUT2D eigenvalue weighted by molar-refractivity contribution is 0.293. The van der Waals surface area contributed by atoms with Crippen molar-refractivity contribution in [3.8, 4) is 0 Å². The Kier molecular flexibility index (Phi) is 3.78. The predicted molar refractivity (Wildman–Crippen MR) is 58.3 cm³/mol. The van der Waals surface area contributed by atoms with E-state index in [1.165, 1.54) is 38.5 Å². The van der Waals surface area contributed by atoms with Crippen LogP contribution in [0.5, 0.6) is 0 Å². The molecule has 72 valence electrons. The molecule has 1 nitrogen and oxygen atoms in total. The van der Waals surface area contributed by atoms with Crippen molar-refractivity contribution in [1.82, 2.24) is 4.90 Å². The van der Waals surface area contributed by atoms with Gasteiger partial charge in [0.05, 0.1) is 8.07 Å². The number of unbranched alkanes of at least 4 members (excludes halogenated alkanes) is 1. The summed E-state index contributed by atoms with van der Waals surface area (Å²) in [7, 11) is -0.778. The molecule has 0 spiro atoms. The van der Waals surface area contributed by atoms with E-state index in [1.807, 2.05) is 0 Å². The minimum Gasteiger partial charge on any atom is -0.306 e. The second-order valence-electron chi connectivity index (χ2n) is 4.90. The highest BCUT2D eigenvalue weighted by Gasteiger charge is 2.27. The molecule has 0 bridgehead atoms. The van der Waals surface area contributed by atoms with Gasteiger partial charge in [0.25, 0.3) is 0 Å². The lowest BCUT2D eigenvalue weighted by atomic mass is 10.3. The Morgan fingerprint density at radius 1 is 1.33 bits per heavy atom. The molecule has 1 aliphatic heterocycles. The molecule has 0 aromatic rings. The first-order chi connectivity index (χ1) is 5.64. The summed E-state index contributed by atoms with van der Waals surface area (Å²) in [5.41, 5.74) is 0. The summed E-state index contributed by atoms with van der Waals surface area (Å²) in [6, 6.07) is 1.55. The summed E-state index contributed by atoms with van der Waals surface area (Å²) in [5.74, 6) is 0. The molecule has 0 amide bonds. The van der Waals surface area contributed by atoms with Crippen molar-refractivity contribution in [3.63, 3.8) is 0 Å². The average molecular weight is 185 g/mol. The molecule has 1 aliphatic rings. The minimum absolute atomic E-state index is 0.778. The molecule has 1 heterocycles. The zero-order valence-corrected chi connectivity index (χ0v) is 9.90. The van der Waals surface area contributed by atoms with Gasteiger partial charge < -0.3 is 4.90 Å². The third-order valence-electron chi connectivity index (χ3n) is 2.81. The minimum atomic E-state index is -0.778. The van der Waals surface area contributed by atoms with Crippen LogP contribution in [0.3, 0.4) is 0 Å². The SMILES string of the molecule is CCCCN1CCC[Si](C)(C)C1. The molecule has 2 heteroatoms. The molecule has 1 saturated heterocycles. The van der Waals surface area contributed by atoms with Gasteiger partial charge in [0.15, 0.2) is 0 Å². The van der Waals surface area contributed by atoms with Crippen molar-refractivity contribution in [1.29, 1.82) is 0 Å². The molecule has 0 unspecified atom stereocenters. The van der Waals surface area contributed by atoms with Gasteiger partial charge in [-0.05, 0) is 32.1 Å². The van der Waals surface area contributed by atoms with Gasteiger partial charge in [-0.3, -0.25) is 0 Å². The molecular weight excluding hydrogens is 162 g/mol. The Hall–Kier alpha value is 0.177. The van der Waals surface area contributed by atoms with E-state index in [-0.39, 0.29) is 0 Å². The normalized spacial score (nSPS) is 24.2. The van der Waals surface area contributed by atoms with Gasteiger partial charge in [-0.15, -0.1) is 0 Å². The van der Waals surface area contributed by atoms with Gasteiger partial charge in [0.2, 0.25) is 0 Å². The van der Waals surface area contributed by atoms with Crippen molar-refractivity contribution < 1.29 is 0 Å². The molecule has 0 aromatic carbocycles. The summed E-state index contributed by atoms with van der Waals surface area (Å²) in [6.45, 7) is 10.1. The van der Waals surface area contributed by atoms with Gasteiger partial charge in [-0.2, -0.15) is 0 Å². The fourth-order valence-electron chi connectivity index (χ4n) is 2.12. The van der Waals surface area contributed by atoms with Crippen LogP contribution in [0.4, 0.5) is 0 Å². The molecule has 1 rings (SSSR count). The average Bonchev–Trinajstić information content (AvgIpc) is 1.99. The Morgan fingerprint density at radius 2 is 2.08 bits per heavy atom. The van der Waals surface area contributed by atoms with Crippen LogP contribution < -0.4 is 0 Å². The Morgan fingerprint density at radius 3 is 2.67 bits per heavy atom. The molecule has 12 heavy (non-hydrogen) atoms. The quantitative estimate of drug-likeness (QED) is 0.611. The van der Waals surface area contributed by atoms with Crippen LogP contribution in [-0.2, 0) is 0 Å². The van der Waals surface area contributed by atoms with Crippen LogP contribution in [-0.4, -0.2) is 32.2 Å². The highest BCUT2D eigenvalue weighted by Crippen LogP contribution is 2.19. The second-order valence-corrected chi connectivity index (χ2v) is 10.0. The van der Waals surface area contributed by atoms with Crippen LogP contribution in [0, 0.1) is 0 Å². The van der Waals surface area contributed by atoms with Crippen molar-refractivity contribution in [2.24, 2.45) is 0 Å². The number of rotatable bonds is 3. The standard InChI is InChI=1S/C10H23NSi/c1-4-5-7-11-8-6-9-12(2,3)10-11/h4-10H2,1-3H3. The van der Waals surface area contributed by atoms with E-state index in [1.54, 1.807) is 6.04 Å². The Bertz CT molecular complexity index is 134. The topological polar surface area (TPSA) is 3.24 Å². The Balaban J connectivity index is 2.26. The predicted octanol–water partition coefficient (Wildman–Crippen LogP) is 2.74. The summed E-state index contributed by atoms with van der Waals surface area (Å²) < 4.78 is 0. The summed E-state index contributed by atoms with van der Waals surface area (Å²) in [5, 5.41) is 0. The van der Waals surface area contributed by atoms with E-state index in [9.17, 15) is 0 Å². The zero-order valence-electron chi connectivity index (χ0n) is 8.90. The molecule has 0 radical (unpaired) electrons. The fraction of sp³-hybridized carbons (Fsp3) is 1.00. The van der Waals surface area contributed by atoms with E-state index < -0.39 is 8.07 Å². The monoisotopic (exact) mass is 185 g/mol. The molecule has 1 fully saturated rings. The highest BCUT2D eigenvalue weighted by atomic mass is 28.3. The van der Waals surface area contributed by atoms with Crippen molar-refractivity contribution in [2.45, 2.75) is 45.3 Å². The molecule has 0 aliphatic carbocycles. The van der Waals surface area contributed by atoms with Gasteiger partial charge in [-0.25, -0.2) is 0 Å². The summed E-state index contributed by atoms with van der Waals surface area (Å²) in [6.07, 6.45) is 5.65. The molecular formula is C10H23NSi. The third kappa shape index (κ3) is 3.28. The summed E-state index contributed by atoms with van der Waals surface area (Å²) >= 11 is 0. The smallest absolute Gasteiger partial charge is 0.0630 e. The van der Waals surface area contributed by atoms with Crippen molar-refractivity contribution in [3.05, 3.63) is 0 Å². The van der Waals surface area contributed by atoms with Gasteiger partial charge >= 0.3 is 0 Å². The Labute approximate surface area is 78.2 Å². The first-order valence-electron chi connectivity index (χ1n) is 5.36. The van der Waals surface area contributed by atoms with Crippen LogP contribution in [0.25, 0.3) is 0 Å². The van der Waals surface area contributed by atoms with Crippen LogP contribution in [0.15, 0.2) is 0 Å². The van der Waals surface area contributed by atoms with Crippen LogP contribution in [0.1, 0.15) is 26.2 Å². The van der Waals surface area contributed by atoms with E-state index >= 15 is 0 Å². The van der Waals surface area contributed by atoms with E-state index in [4.69, 9.17) is 0 Å². The third-order valence-corrected chi connectivity index (χ3v) is 5.82. The van der Waals surface area contributed by atoms with Gasteiger partial charge in [0, 0.05) is 0 Å². The molecule has 0 atom stereocenters. The van der Waals surface area contributed by atoms with E-state index in [0.29, 0.717) is 0 Å². The highest BCUT2D eigenvalue weighted by molar-refractivity contribution is 6.77. The van der Waals surface area contributed by atoms with Gasteiger partial charge in [0.1, 0.15) is 0 Å². The van der Waals surface area contributed by atoms with Gasteiger partial charge in [-0.1, -0.05) is 32.5 Å². The lowest BCUT2D eigenvalue weighted by Gasteiger charge is -2.36. The number of hydrogen-bond donors (Lipinski definition) is 0. The van der Waals surface area contributed by atoms with E-state index in [2.05, 4.69) is 24.9 Å². The first kappa shape index (κ1) is 10.3. The van der Waals surface area contributed by atoms with Crippen LogP contribution >= 0.6 is 0 Å². The fourth-order valence-corrected chi connectivity index (χ4v) is 4.92. The number of hydrogen-bond acceptors (Lipinski definition) is 1. The van der Waals surface area contributed by atoms with Crippen molar-refractivity contribution in [2.75, 3.05) is 19.3 Å². The van der Waals surface area contributed by atoms with Crippen molar-refractivity contribution >= 4 is 8.07 Å². The maximum absolute atomic E-state index is 2.69. The first-order valence-corrected chi connectivity index (χ1v) is 8.78. The second kappa shape index (κ2) is 4.42. The largest absolute Gasteiger partial charge is 0.306 e. The van der Waals surface area contributed by atoms with E-state index in [0.717, 1.165) is 0 Å². The zero-order chi connectivity index (χ0) is 9.03. The van der Waals surface area contributed by atoms with Crippen LogP contribution in [0.2, 0.25) is 19.1 Å². The maximum atomic E-state index is 2.69. The lowest BCUT2D eigenvalue weighted by Crippen LogP contribution is -2.47. The summed E-state index contributed by atoms with van der Waals surface area (Å²) in [4.78, 5) is 2.69. The molecule has 0 saturated carbocycles. The number of nitrogens with zero attached hydrogens (tertiary/aromatic N) is 1. The maximum Gasteiger partial charge on any atom is 0.0630 e. The molecule has 0 aromatic heterocycles.